The lowest BCUT2D eigenvalue weighted by molar-refractivity contribution is 1.22. The molecule has 0 saturated heterocycles. The summed E-state index contributed by atoms with van der Waals surface area (Å²) < 4.78 is 0.858. The van der Waals surface area contributed by atoms with Gasteiger partial charge in [0.05, 0.1) is 11.9 Å². The molecule has 1 heterocycles. The summed E-state index contributed by atoms with van der Waals surface area (Å²) in [5.41, 5.74) is 7.21. The summed E-state index contributed by atoms with van der Waals surface area (Å²) in [6, 6.07) is 1.87. The Morgan fingerprint density at radius 1 is 1.67 bits per heavy atom. The summed E-state index contributed by atoms with van der Waals surface area (Å²) in [6.45, 7) is 1.95. The maximum Gasteiger partial charge on any atom is 0.109 e. The Morgan fingerprint density at radius 3 is 2.78 bits per heavy atom. The Balaban J connectivity index is 3.17. The lowest BCUT2D eigenvalue weighted by atomic mass is 10.3. The number of pyridine rings is 1. The number of nitrogens with zero attached hydrogens (tertiary/aromatic N) is 1. The van der Waals surface area contributed by atoms with Crippen LogP contribution in [-0.4, -0.2) is 4.98 Å². The fourth-order valence-electron chi connectivity index (χ4n) is 0.580. The lowest BCUT2D eigenvalue weighted by Crippen LogP contribution is -1.88. The van der Waals surface area contributed by atoms with Gasteiger partial charge in [0.2, 0.25) is 0 Å². The third-order valence-electron chi connectivity index (χ3n) is 1.04. The van der Waals surface area contributed by atoms with Crippen molar-refractivity contribution in [3.05, 3.63) is 22.4 Å². The predicted molar refractivity (Wildman–Crippen MR) is 41.1 cm³/mol. The van der Waals surface area contributed by atoms with Crippen LogP contribution >= 0.6 is 15.9 Å². The largest absolute Gasteiger partial charge is 0.397 e. The molecular formula is C6H7BrN2. The molecule has 0 aliphatic carbocycles. The topological polar surface area (TPSA) is 38.9 Å². The highest BCUT2D eigenvalue weighted by Gasteiger charge is 1.92. The van der Waals surface area contributed by atoms with E-state index in [2.05, 4.69) is 20.9 Å². The van der Waals surface area contributed by atoms with Gasteiger partial charge in [-0.2, -0.15) is 0 Å². The van der Waals surface area contributed by atoms with Gasteiger partial charge >= 0.3 is 0 Å². The first-order valence-electron chi connectivity index (χ1n) is 2.58. The number of nitrogens with two attached hydrogens (primary N) is 1. The fourth-order valence-corrected chi connectivity index (χ4v) is 0.797. The third-order valence-corrected chi connectivity index (χ3v) is 1.87. The molecule has 2 nitrogen and oxygen atoms in total. The Bertz CT molecular complexity index is 222. The molecule has 0 spiro atoms. The molecule has 0 aromatic carbocycles. The maximum absolute atomic E-state index is 5.44. The second kappa shape index (κ2) is 2.35. The lowest BCUT2D eigenvalue weighted by Gasteiger charge is -1.95. The van der Waals surface area contributed by atoms with Gasteiger partial charge in [-0.3, -0.25) is 0 Å². The van der Waals surface area contributed by atoms with Crippen molar-refractivity contribution in [3.8, 4) is 0 Å². The second-order valence-corrected chi connectivity index (χ2v) is 2.63. The molecule has 0 amide bonds. The monoisotopic (exact) mass is 186 g/mol. The van der Waals surface area contributed by atoms with Gasteiger partial charge in [-0.1, -0.05) is 0 Å². The molecule has 0 aliphatic heterocycles. The summed E-state index contributed by atoms with van der Waals surface area (Å²) in [5.74, 6) is 0. The number of aryl methyl sites for hydroxylation is 1. The minimum absolute atomic E-state index is 0.704. The average Bonchev–Trinajstić information content (AvgIpc) is 1.80. The summed E-state index contributed by atoms with van der Waals surface area (Å²) in [6.07, 6.45) is 1.62. The van der Waals surface area contributed by atoms with Gasteiger partial charge in [0.15, 0.2) is 0 Å². The highest BCUT2D eigenvalue weighted by molar-refractivity contribution is 9.10. The third kappa shape index (κ3) is 1.42. The zero-order chi connectivity index (χ0) is 6.85. The van der Waals surface area contributed by atoms with Crippen LogP contribution in [0, 0.1) is 6.92 Å². The van der Waals surface area contributed by atoms with E-state index in [1.165, 1.54) is 0 Å². The van der Waals surface area contributed by atoms with Crippen LogP contribution in [0.4, 0.5) is 5.69 Å². The van der Waals surface area contributed by atoms with Crippen molar-refractivity contribution in [2.45, 2.75) is 6.92 Å². The van der Waals surface area contributed by atoms with Crippen molar-refractivity contribution < 1.29 is 0 Å². The Labute approximate surface area is 62.2 Å². The van der Waals surface area contributed by atoms with E-state index < -0.39 is 0 Å². The van der Waals surface area contributed by atoms with E-state index in [1.54, 1.807) is 6.20 Å². The van der Waals surface area contributed by atoms with Crippen molar-refractivity contribution in [1.82, 2.24) is 4.98 Å². The SMILES string of the molecule is Cc1cc(N)cnc1Br. The predicted octanol–water partition coefficient (Wildman–Crippen LogP) is 1.73. The van der Waals surface area contributed by atoms with Crippen molar-refractivity contribution in [3.63, 3.8) is 0 Å². The molecule has 2 N–H and O–H groups in total. The van der Waals surface area contributed by atoms with Crippen LogP contribution in [0.15, 0.2) is 16.9 Å². The van der Waals surface area contributed by atoms with Gasteiger partial charge in [0.1, 0.15) is 4.60 Å². The Kier molecular flexibility index (Phi) is 1.71. The number of hydrogen-bond donors (Lipinski definition) is 1. The smallest absolute Gasteiger partial charge is 0.109 e. The normalized spacial score (nSPS) is 9.56. The van der Waals surface area contributed by atoms with Gasteiger partial charge in [0, 0.05) is 0 Å². The van der Waals surface area contributed by atoms with Gasteiger partial charge in [-0.05, 0) is 34.5 Å². The van der Waals surface area contributed by atoms with Crippen LogP contribution in [0.1, 0.15) is 5.56 Å². The van der Waals surface area contributed by atoms with Crippen LogP contribution in [0.3, 0.4) is 0 Å². The zero-order valence-corrected chi connectivity index (χ0v) is 6.64. The summed E-state index contributed by atoms with van der Waals surface area (Å²) in [5, 5.41) is 0. The van der Waals surface area contributed by atoms with E-state index in [1.807, 2.05) is 13.0 Å². The van der Waals surface area contributed by atoms with Crippen molar-refractivity contribution in [2.24, 2.45) is 0 Å². The van der Waals surface area contributed by atoms with E-state index in [0.29, 0.717) is 5.69 Å². The minimum atomic E-state index is 0.704. The summed E-state index contributed by atoms with van der Waals surface area (Å²) >= 11 is 3.26. The van der Waals surface area contributed by atoms with Gasteiger partial charge in [-0.25, -0.2) is 4.98 Å². The molecule has 0 fully saturated rings. The number of halogens is 1. The highest BCUT2D eigenvalue weighted by atomic mass is 79.9. The number of nitrogen functional groups attached to an aromatic ring is 1. The van der Waals surface area contributed by atoms with Crippen LogP contribution in [0.2, 0.25) is 0 Å². The molecule has 0 bridgehead atoms. The number of rotatable bonds is 0. The molecule has 3 heteroatoms. The van der Waals surface area contributed by atoms with Crippen molar-refractivity contribution in [2.75, 3.05) is 5.73 Å². The molecular weight excluding hydrogens is 180 g/mol. The van der Waals surface area contributed by atoms with E-state index in [-0.39, 0.29) is 0 Å². The van der Waals surface area contributed by atoms with Gasteiger partial charge < -0.3 is 5.73 Å². The second-order valence-electron chi connectivity index (χ2n) is 1.88. The van der Waals surface area contributed by atoms with Gasteiger partial charge in [0.25, 0.3) is 0 Å². The molecule has 9 heavy (non-hydrogen) atoms. The highest BCUT2D eigenvalue weighted by Crippen LogP contribution is 2.13. The molecule has 0 radical (unpaired) electrons. The first kappa shape index (κ1) is 6.55. The van der Waals surface area contributed by atoms with Crippen molar-refractivity contribution in [1.29, 1.82) is 0 Å². The van der Waals surface area contributed by atoms with E-state index in [4.69, 9.17) is 5.73 Å². The zero-order valence-electron chi connectivity index (χ0n) is 5.06. The van der Waals surface area contributed by atoms with Crippen LogP contribution in [0.5, 0.6) is 0 Å². The number of aromatic nitrogens is 1. The molecule has 0 atom stereocenters. The number of anilines is 1. The van der Waals surface area contributed by atoms with Gasteiger partial charge in [-0.15, -0.1) is 0 Å². The van der Waals surface area contributed by atoms with Crippen LogP contribution in [-0.2, 0) is 0 Å². The number of hydrogen-bond acceptors (Lipinski definition) is 2. The fraction of sp³-hybridized carbons (Fsp3) is 0.167. The summed E-state index contributed by atoms with van der Waals surface area (Å²) in [7, 11) is 0. The molecule has 0 aliphatic rings. The molecule has 1 rings (SSSR count). The molecule has 48 valence electrons. The Hall–Kier alpha value is -0.570. The van der Waals surface area contributed by atoms with E-state index >= 15 is 0 Å². The average molecular weight is 187 g/mol. The maximum atomic E-state index is 5.44. The first-order chi connectivity index (χ1) is 4.20. The molecule has 0 unspecified atom stereocenters. The minimum Gasteiger partial charge on any atom is -0.397 e. The van der Waals surface area contributed by atoms with Crippen molar-refractivity contribution >= 4 is 21.6 Å². The summed E-state index contributed by atoms with van der Waals surface area (Å²) in [4.78, 5) is 3.97. The van der Waals surface area contributed by atoms with E-state index in [0.717, 1.165) is 10.2 Å². The molecule has 0 saturated carbocycles. The quantitative estimate of drug-likeness (QED) is 0.628. The molecule has 1 aromatic heterocycles. The molecule has 1 aromatic rings. The van der Waals surface area contributed by atoms with E-state index in [9.17, 15) is 0 Å². The van der Waals surface area contributed by atoms with Crippen LogP contribution < -0.4 is 5.73 Å². The van der Waals surface area contributed by atoms with Crippen LogP contribution in [0.25, 0.3) is 0 Å². The Morgan fingerprint density at radius 2 is 2.33 bits per heavy atom. The first-order valence-corrected chi connectivity index (χ1v) is 3.37. The standard InChI is InChI=1S/C6H7BrN2/c1-4-2-5(8)3-9-6(4)7/h2-3H,8H2,1H3.